The van der Waals surface area contributed by atoms with Gasteiger partial charge in [0, 0.05) is 0 Å². The van der Waals surface area contributed by atoms with E-state index < -0.39 is 11.4 Å². The molecular formula is C20H24O2. The highest BCUT2D eigenvalue weighted by molar-refractivity contribution is 5.80. The topological polar surface area (TPSA) is 37.3 Å². The van der Waals surface area contributed by atoms with Crippen LogP contribution < -0.4 is 0 Å². The lowest BCUT2D eigenvalue weighted by molar-refractivity contribution is -0.142. The maximum atomic E-state index is 11.3. The van der Waals surface area contributed by atoms with E-state index >= 15 is 0 Å². The van der Waals surface area contributed by atoms with Gasteiger partial charge in [-0.2, -0.15) is 0 Å². The van der Waals surface area contributed by atoms with Crippen LogP contribution in [-0.4, -0.2) is 11.1 Å². The molecule has 0 saturated carbocycles. The lowest BCUT2D eigenvalue weighted by atomic mass is 9.84. The van der Waals surface area contributed by atoms with Gasteiger partial charge in [-0.1, -0.05) is 62.4 Å². The van der Waals surface area contributed by atoms with Crippen LogP contribution >= 0.6 is 0 Å². The molecule has 1 N–H and O–H groups in total. The molecule has 116 valence electrons. The summed E-state index contributed by atoms with van der Waals surface area (Å²) in [4.78, 5) is 11.3. The Morgan fingerprint density at radius 3 is 1.82 bits per heavy atom. The van der Waals surface area contributed by atoms with Gasteiger partial charge >= 0.3 is 5.97 Å². The van der Waals surface area contributed by atoms with E-state index in [-0.39, 0.29) is 0 Å². The fourth-order valence-corrected chi connectivity index (χ4v) is 2.51. The lowest BCUT2D eigenvalue weighted by Gasteiger charge is -2.19. The van der Waals surface area contributed by atoms with Gasteiger partial charge in [0.25, 0.3) is 0 Å². The highest BCUT2D eigenvalue weighted by Crippen LogP contribution is 2.27. The molecular weight excluding hydrogens is 272 g/mol. The molecule has 0 bridgehead atoms. The summed E-state index contributed by atoms with van der Waals surface area (Å²) in [5, 5.41) is 9.28. The smallest absolute Gasteiger partial charge is 0.313 e. The van der Waals surface area contributed by atoms with E-state index in [9.17, 15) is 9.90 Å². The number of aliphatic carboxylic acids is 1. The van der Waals surface area contributed by atoms with Crippen LogP contribution in [0.4, 0.5) is 0 Å². The second-order valence-electron chi connectivity index (χ2n) is 6.80. The highest BCUT2D eigenvalue weighted by Gasteiger charge is 2.29. The molecule has 2 rings (SSSR count). The first-order chi connectivity index (χ1) is 10.3. The molecule has 2 nitrogen and oxygen atoms in total. The second kappa shape index (κ2) is 6.35. The minimum Gasteiger partial charge on any atom is -0.481 e. The van der Waals surface area contributed by atoms with Gasteiger partial charge in [0.15, 0.2) is 0 Å². The summed E-state index contributed by atoms with van der Waals surface area (Å²) >= 11 is 0. The Balaban J connectivity index is 2.22. The Hall–Kier alpha value is -2.09. The Bertz CT molecular complexity index is 634. The summed E-state index contributed by atoms with van der Waals surface area (Å²) in [6.07, 6.45) is 1.09. The molecule has 0 atom stereocenters. The highest BCUT2D eigenvalue weighted by atomic mass is 16.4. The molecule has 0 aliphatic rings. The number of rotatable bonds is 5. The third kappa shape index (κ3) is 3.56. The zero-order valence-electron chi connectivity index (χ0n) is 13.8. The molecule has 0 unspecified atom stereocenters. The summed E-state index contributed by atoms with van der Waals surface area (Å²) in [6, 6.07) is 16.4. The van der Waals surface area contributed by atoms with Crippen molar-refractivity contribution < 1.29 is 9.90 Å². The monoisotopic (exact) mass is 296 g/mol. The Morgan fingerprint density at radius 2 is 1.41 bits per heavy atom. The van der Waals surface area contributed by atoms with Crippen LogP contribution in [0.5, 0.6) is 0 Å². The van der Waals surface area contributed by atoms with Crippen molar-refractivity contribution in [2.75, 3.05) is 0 Å². The third-order valence-electron chi connectivity index (χ3n) is 4.07. The number of hydrogen-bond donors (Lipinski definition) is 1. The van der Waals surface area contributed by atoms with Crippen LogP contribution in [0.1, 0.15) is 38.8 Å². The molecule has 0 spiro atoms. The lowest BCUT2D eigenvalue weighted by Crippen LogP contribution is -2.28. The Labute approximate surface area is 132 Å². The normalized spacial score (nSPS) is 11.7. The number of hydrogen-bond acceptors (Lipinski definition) is 1. The van der Waals surface area contributed by atoms with Gasteiger partial charge in [-0.25, -0.2) is 0 Å². The van der Waals surface area contributed by atoms with Gasteiger partial charge in [-0.15, -0.1) is 0 Å². The summed E-state index contributed by atoms with van der Waals surface area (Å²) < 4.78 is 0. The molecule has 0 fully saturated rings. The number of carbonyl (C=O) groups is 1. The summed E-state index contributed by atoms with van der Waals surface area (Å²) in [5.41, 5.74) is 3.58. The second-order valence-corrected chi connectivity index (χ2v) is 6.80. The van der Waals surface area contributed by atoms with Gasteiger partial charge in [0.1, 0.15) is 0 Å². The van der Waals surface area contributed by atoms with E-state index in [0.717, 1.165) is 23.1 Å². The molecule has 22 heavy (non-hydrogen) atoms. The number of carboxylic acid groups (broad SMARTS) is 1. The molecule has 0 aliphatic heterocycles. The van der Waals surface area contributed by atoms with E-state index in [1.165, 1.54) is 5.56 Å². The minimum absolute atomic E-state index is 0.656. The van der Waals surface area contributed by atoms with Crippen molar-refractivity contribution in [3.63, 3.8) is 0 Å². The van der Waals surface area contributed by atoms with Crippen molar-refractivity contribution >= 4 is 5.97 Å². The largest absolute Gasteiger partial charge is 0.481 e. The van der Waals surface area contributed by atoms with E-state index in [2.05, 4.69) is 38.1 Å². The van der Waals surface area contributed by atoms with Gasteiger partial charge in [0.05, 0.1) is 5.41 Å². The van der Waals surface area contributed by atoms with Gasteiger partial charge in [-0.3, -0.25) is 4.79 Å². The van der Waals surface area contributed by atoms with E-state index in [1.54, 1.807) is 13.8 Å². The van der Waals surface area contributed by atoms with E-state index in [0.29, 0.717) is 5.92 Å². The van der Waals surface area contributed by atoms with Crippen molar-refractivity contribution in [3.8, 4) is 11.1 Å². The van der Waals surface area contributed by atoms with Crippen molar-refractivity contribution in [2.24, 2.45) is 5.92 Å². The summed E-state index contributed by atoms with van der Waals surface area (Å²) in [5.74, 6) is -0.151. The molecule has 2 aromatic rings. The minimum atomic E-state index is -0.861. The van der Waals surface area contributed by atoms with Crippen molar-refractivity contribution in [1.82, 2.24) is 0 Å². The average Bonchev–Trinajstić information content (AvgIpc) is 2.47. The SMILES string of the molecule is CC(C)Cc1ccc(-c2ccc(C(C)(C)C(=O)O)cc2)cc1. The first-order valence-corrected chi connectivity index (χ1v) is 7.74. The molecule has 2 aromatic carbocycles. The molecule has 0 amide bonds. The standard InChI is InChI=1S/C20H24O2/c1-14(2)13-15-5-7-16(8-6-15)17-9-11-18(12-10-17)20(3,4)19(21)22/h5-12,14H,13H2,1-4H3,(H,21,22). The fraction of sp³-hybridized carbons (Fsp3) is 0.350. The maximum absolute atomic E-state index is 11.3. The van der Waals surface area contributed by atoms with Crippen LogP contribution in [0.25, 0.3) is 11.1 Å². The summed E-state index contributed by atoms with van der Waals surface area (Å²) in [7, 11) is 0. The Morgan fingerprint density at radius 1 is 0.955 bits per heavy atom. The molecule has 0 heterocycles. The van der Waals surface area contributed by atoms with Crippen molar-refractivity contribution in [2.45, 2.75) is 39.5 Å². The van der Waals surface area contributed by atoms with Crippen LogP contribution in [0.2, 0.25) is 0 Å². The van der Waals surface area contributed by atoms with Crippen LogP contribution in [0.3, 0.4) is 0 Å². The van der Waals surface area contributed by atoms with Gasteiger partial charge in [0.2, 0.25) is 0 Å². The quantitative estimate of drug-likeness (QED) is 0.850. The van der Waals surface area contributed by atoms with E-state index in [1.807, 2.05) is 24.3 Å². The van der Waals surface area contributed by atoms with Crippen molar-refractivity contribution in [3.05, 3.63) is 59.7 Å². The zero-order valence-corrected chi connectivity index (χ0v) is 13.8. The molecule has 0 aliphatic carbocycles. The number of benzene rings is 2. The molecule has 2 heteroatoms. The third-order valence-corrected chi connectivity index (χ3v) is 4.07. The molecule has 0 radical (unpaired) electrons. The first-order valence-electron chi connectivity index (χ1n) is 7.74. The summed E-state index contributed by atoms with van der Waals surface area (Å²) in [6.45, 7) is 7.89. The zero-order chi connectivity index (χ0) is 16.3. The van der Waals surface area contributed by atoms with Gasteiger partial charge in [-0.05, 0) is 48.4 Å². The predicted octanol–water partition coefficient (Wildman–Crippen LogP) is 4.91. The first kappa shape index (κ1) is 16.3. The Kier molecular flexibility index (Phi) is 4.70. The fourth-order valence-electron chi connectivity index (χ4n) is 2.51. The average molecular weight is 296 g/mol. The predicted molar refractivity (Wildman–Crippen MR) is 91.1 cm³/mol. The van der Waals surface area contributed by atoms with Gasteiger partial charge < -0.3 is 5.11 Å². The molecule has 0 aromatic heterocycles. The number of carboxylic acids is 1. The van der Waals surface area contributed by atoms with Crippen LogP contribution in [-0.2, 0) is 16.6 Å². The maximum Gasteiger partial charge on any atom is 0.313 e. The molecule has 0 saturated heterocycles. The van der Waals surface area contributed by atoms with Crippen LogP contribution in [0.15, 0.2) is 48.5 Å². The van der Waals surface area contributed by atoms with Crippen LogP contribution in [0, 0.1) is 5.92 Å². The van der Waals surface area contributed by atoms with Crippen molar-refractivity contribution in [1.29, 1.82) is 0 Å². The van der Waals surface area contributed by atoms with E-state index in [4.69, 9.17) is 0 Å².